The minimum atomic E-state index is 0.0792. The first-order valence-corrected chi connectivity index (χ1v) is 5.60. The molecule has 0 aromatic heterocycles. The van der Waals surface area contributed by atoms with E-state index in [-0.39, 0.29) is 12.2 Å². The molecule has 1 aromatic rings. The monoisotopic (exact) mass is 256 g/mol. The van der Waals surface area contributed by atoms with Crippen molar-refractivity contribution in [3.63, 3.8) is 0 Å². The van der Waals surface area contributed by atoms with Crippen molar-refractivity contribution in [3.05, 3.63) is 34.3 Å². The van der Waals surface area contributed by atoms with E-state index in [0.29, 0.717) is 6.61 Å². The number of rotatable bonds is 4. The van der Waals surface area contributed by atoms with Crippen molar-refractivity contribution in [2.24, 2.45) is 0 Å². The molecular formula is C11H13BrO2. The molecule has 0 bridgehead atoms. The first kappa shape index (κ1) is 10.1. The van der Waals surface area contributed by atoms with Gasteiger partial charge in [0.25, 0.3) is 0 Å². The van der Waals surface area contributed by atoms with Crippen LogP contribution in [0.1, 0.15) is 18.6 Å². The van der Waals surface area contributed by atoms with Crippen LogP contribution in [0, 0.1) is 0 Å². The average Bonchev–Trinajstić information content (AvgIpc) is 2.99. The molecule has 0 N–H and O–H groups in total. The van der Waals surface area contributed by atoms with E-state index < -0.39 is 0 Å². The van der Waals surface area contributed by atoms with Gasteiger partial charge in [-0.3, -0.25) is 0 Å². The van der Waals surface area contributed by atoms with Crippen LogP contribution in [0.4, 0.5) is 0 Å². The summed E-state index contributed by atoms with van der Waals surface area (Å²) in [5.41, 5.74) is 1.18. The molecule has 76 valence electrons. The second-order valence-corrected chi connectivity index (χ2v) is 4.12. The summed E-state index contributed by atoms with van der Waals surface area (Å²) in [4.78, 5) is 0. The third-order valence-corrected chi connectivity index (χ3v) is 2.98. The Morgan fingerprint density at radius 2 is 2.29 bits per heavy atom. The minimum Gasteiger partial charge on any atom is -0.371 e. The van der Waals surface area contributed by atoms with Crippen molar-refractivity contribution in [2.45, 2.75) is 19.1 Å². The molecule has 1 unspecified atom stereocenters. The van der Waals surface area contributed by atoms with Crippen molar-refractivity contribution in [2.75, 3.05) is 13.2 Å². The summed E-state index contributed by atoms with van der Waals surface area (Å²) in [6, 6.07) is 8.13. The van der Waals surface area contributed by atoms with Gasteiger partial charge in [0, 0.05) is 11.1 Å². The first-order valence-electron chi connectivity index (χ1n) is 4.80. The highest BCUT2D eigenvalue weighted by Crippen LogP contribution is 2.34. The lowest BCUT2D eigenvalue weighted by atomic mass is 10.1. The SMILES string of the molecule is CCO[C@H](c1ccccc1Br)C1CO1. The fraction of sp³-hybridized carbons (Fsp3) is 0.455. The Bertz CT molecular complexity index is 310. The van der Waals surface area contributed by atoms with Crippen molar-refractivity contribution in [1.82, 2.24) is 0 Å². The lowest BCUT2D eigenvalue weighted by Crippen LogP contribution is -2.11. The fourth-order valence-corrected chi connectivity index (χ4v) is 2.02. The van der Waals surface area contributed by atoms with E-state index in [1.165, 1.54) is 5.56 Å². The maximum Gasteiger partial charge on any atom is 0.112 e. The van der Waals surface area contributed by atoms with Gasteiger partial charge >= 0.3 is 0 Å². The van der Waals surface area contributed by atoms with Gasteiger partial charge in [0.15, 0.2) is 0 Å². The Hall–Kier alpha value is -0.380. The Labute approximate surface area is 92.3 Å². The predicted molar refractivity (Wildman–Crippen MR) is 58.2 cm³/mol. The second-order valence-electron chi connectivity index (χ2n) is 3.27. The summed E-state index contributed by atoms with van der Waals surface area (Å²) in [6.07, 6.45) is 0.323. The van der Waals surface area contributed by atoms with E-state index in [9.17, 15) is 0 Å². The molecule has 1 aliphatic heterocycles. The van der Waals surface area contributed by atoms with Crippen LogP contribution in [0.15, 0.2) is 28.7 Å². The molecule has 0 saturated carbocycles. The quantitative estimate of drug-likeness (QED) is 0.773. The molecule has 14 heavy (non-hydrogen) atoms. The van der Waals surface area contributed by atoms with Crippen molar-refractivity contribution < 1.29 is 9.47 Å². The highest BCUT2D eigenvalue weighted by Gasteiger charge is 2.35. The largest absolute Gasteiger partial charge is 0.371 e. The number of halogens is 1. The summed E-state index contributed by atoms with van der Waals surface area (Å²) < 4.78 is 12.1. The third-order valence-electron chi connectivity index (χ3n) is 2.25. The van der Waals surface area contributed by atoms with E-state index in [2.05, 4.69) is 22.0 Å². The summed E-state index contributed by atoms with van der Waals surface area (Å²) in [5, 5.41) is 0. The van der Waals surface area contributed by atoms with Crippen molar-refractivity contribution >= 4 is 15.9 Å². The zero-order valence-corrected chi connectivity index (χ0v) is 9.66. The Balaban J connectivity index is 2.21. The highest BCUT2D eigenvalue weighted by atomic mass is 79.9. The van der Waals surface area contributed by atoms with Crippen LogP contribution >= 0.6 is 15.9 Å². The second kappa shape index (κ2) is 4.43. The number of benzene rings is 1. The lowest BCUT2D eigenvalue weighted by molar-refractivity contribution is 0.0403. The summed E-state index contributed by atoms with van der Waals surface area (Å²) in [7, 11) is 0. The molecular weight excluding hydrogens is 244 g/mol. The third kappa shape index (κ3) is 2.16. The van der Waals surface area contributed by atoms with E-state index in [4.69, 9.17) is 9.47 Å². The molecule has 3 heteroatoms. The number of hydrogen-bond donors (Lipinski definition) is 0. The number of ether oxygens (including phenoxy) is 2. The van der Waals surface area contributed by atoms with Gasteiger partial charge in [0.2, 0.25) is 0 Å². The summed E-state index contributed by atoms with van der Waals surface area (Å²) in [5.74, 6) is 0. The molecule has 0 radical (unpaired) electrons. The molecule has 1 aromatic carbocycles. The Morgan fingerprint density at radius 3 is 2.86 bits per heavy atom. The van der Waals surface area contributed by atoms with Crippen molar-refractivity contribution in [3.8, 4) is 0 Å². The van der Waals surface area contributed by atoms with Gasteiger partial charge < -0.3 is 9.47 Å². The average molecular weight is 257 g/mol. The normalized spacial score (nSPS) is 22.0. The molecule has 0 amide bonds. The van der Waals surface area contributed by atoms with Gasteiger partial charge in [-0.15, -0.1) is 0 Å². The maximum absolute atomic E-state index is 5.68. The van der Waals surface area contributed by atoms with Crippen LogP contribution in [0.5, 0.6) is 0 Å². The number of epoxide rings is 1. The molecule has 0 spiro atoms. The van der Waals surface area contributed by atoms with Crippen molar-refractivity contribution in [1.29, 1.82) is 0 Å². The standard InChI is InChI=1S/C11H13BrO2/c1-2-13-11(10-7-14-10)8-5-3-4-6-9(8)12/h3-6,10-11H,2,7H2,1H3/t10?,11-/m1/s1. The maximum atomic E-state index is 5.68. The van der Waals surface area contributed by atoms with Crippen LogP contribution in [-0.2, 0) is 9.47 Å². The molecule has 1 fully saturated rings. The molecule has 1 aliphatic rings. The van der Waals surface area contributed by atoms with Crippen LogP contribution in [0.25, 0.3) is 0 Å². The Morgan fingerprint density at radius 1 is 1.57 bits per heavy atom. The lowest BCUT2D eigenvalue weighted by Gasteiger charge is -2.16. The first-order chi connectivity index (χ1) is 6.83. The summed E-state index contributed by atoms with van der Waals surface area (Å²) in [6.45, 7) is 3.53. The predicted octanol–water partition coefficient (Wildman–Crippen LogP) is 2.93. The van der Waals surface area contributed by atoms with Gasteiger partial charge in [-0.2, -0.15) is 0 Å². The minimum absolute atomic E-state index is 0.0792. The van der Waals surface area contributed by atoms with Crippen LogP contribution in [0.2, 0.25) is 0 Å². The van der Waals surface area contributed by atoms with Crippen LogP contribution in [0.3, 0.4) is 0 Å². The van der Waals surface area contributed by atoms with Crippen LogP contribution < -0.4 is 0 Å². The zero-order valence-electron chi connectivity index (χ0n) is 8.07. The smallest absolute Gasteiger partial charge is 0.112 e. The van der Waals surface area contributed by atoms with Gasteiger partial charge in [-0.1, -0.05) is 34.1 Å². The van der Waals surface area contributed by atoms with E-state index >= 15 is 0 Å². The summed E-state index contributed by atoms with van der Waals surface area (Å²) >= 11 is 3.53. The van der Waals surface area contributed by atoms with Gasteiger partial charge in [-0.25, -0.2) is 0 Å². The molecule has 2 nitrogen and oxygen atoms in total. The zero-order chi connectivity index (χ0) is 9.97. The van der Waals surface area contributed by atoms with Gasteiger partial charge in [0.05, 0.1) is 6.61 Å². The topological polar surface area (TPSA) is 21.8 Å². The van der Waals surface area contributed by atoms with Gasteiger partial charge in [-0.05, 0) is 18.6 Å². The molecule has 2 rings (SSSR count). The Kier molecular flexibility index (Phi) is 3.21. The van der Waals surface area contributed by atoms with E-state index in [0.717, 1.165) is 11.1 Å². The molecule has 1 saturated heterocycles. The number of hydrogen-bond acceptors (Lipinski definition) is 2. The molecule has 1 heterocycles. The van der Waals surface area contributed by atoms with Crippen LogP contribution in [-0.4, -0.2) is 19.3 Å². The van der Waals surface area contributed by atoms with E-state index in [1.807, 2.05) is 25.1 Å². The molecule has 0 aliphatic carbocycles. The van der Waals surface area contributed by atoms with E-state index in [1.54, 1.807) is 0 Å². The molecule has 2 atom stereocenters. The highest BCUT2D eigenvalue weighted by molar-refractivity contribution is 9.10. The van der Waals surface area contributed by atoms with Gasteiger partial charge in [0.1, 0.15) is 12.2 Å². The fourth-order valence-electron chi connectivity index (χ4n) is 1.51.